The maximum atomic E-state index is 10.8. The van der Waals surface area contributed by atoms with Crippen LogP contribution < -0.4 is 5.73 Å². The van der Waals surface area contributed by atoms with Gasteiger partial charge < -0.3 is 15.7 Å². The monoisotopic (exact) mass is 144 g/mol. The Kier molecular flexibility index (Phi) is 2.24. The highest BCUT2D eigenvalue weighted by atomic mass is 16.3. The van der Waals surface area contributed by atoms with Crippen molar-refractivity contribution in [3.05, 3.63) is 0 Å². The molecule has 0 bridgehead atoms. The Morgan fingerprint density at radius 1 is 1.80 bits per heavy atom. The molecule has 0 aromatic carbocycles. The molecule has 1 rings (SSSR count). The topological polar surface area (TPSA) is 66.6 Å². The summed E-state index contributed by atoms with van der Waals surface area (Å²) in [6, 6.07) is 0. The summed E-state index contributed by atoms with van der Waals surface area (Å²) in [6.07, 6.45) is 0.349. The van der Waals surface area contributed by atoms with Crippen molar-refractivity contribution < 1.29 is 9.90 Å². The third-order valence-corrected chi connectivity index (χ3v) is 1.69. The summed E-state index contributed by atoms with van der Waals surface area (Å²) in [5, 5.41) is 9.01. The van der Waals surface area contributed by atoms with Gasteiger partial charge >= 0.3 is 0 Å². The van der Waals surface area contributed by atoms with E-state index in [1.54, 1.807) is 4.90 Å². The van der Waals surface area contributed by atoms with Crippen LogP contribution in [0.5, 0.6) is 0 Å². The van der Waals surface area contributed by atoms with Gasteiger partial charge in [0.05, 0.1) is 12.6 Å². The van der Waals surface area contributed by atoms with E-state index in [0.29, 0.717) is 19.5 Å². The average molecular weight is 144 g/mol. The van der Waals surface area contributed by atoms with E-state index < -0.39 is 0 Å². The summed E-state index contributed by atoms with van der Waals surface area (Å²) in [5.74, 6) is -0.0726. The molecule has 1 atom stereocenters. The third-order valence-electron chi connectivity index (χ3n) is 1.69. The highest BCUT2D eigenvalue weighted by Crippen LogP contribution is 2.07. The first kappa shape index (κ1) is 7.50. The van der Waals surface area contributed by atoms with Gasteiger partial charge in [-0.1, -0.05) is 0 Å². The van der Waals surface area contributed by atoms with Crippen LogP contribution in [0, 0.1) is 0 Å². The molecule has 0 aliphatic carbocycles. The number of carbonyl (C=O) groups excluding carboxylic acids is 1. The molecule has 0 spiro atoms. The normalized spacial score (nSPS) is 25.4. The van der Waals surface area contributed by atoms with Gasteiger partial charge in [-0.05, 0) is 6.42 Å². The summed E-state index contributed by atoms with van der Waals surface area (Å²) in [4.78, 5) is 12.4. The maximum absolute atomic E-state index is 10.8. The van der Waals surface area contributed by atoms with Crippen LogP contribution in [-0.4, -0.2) is 41.7 Å². The minimum atomic E-state index is -0.338. The van der Waals surface area contributed by atoms with Crippen molar-refractivity contribution in [2.45, 2.75) is 12.5 Å². The Labute approximate surface area is 59.6 Å². The number of hydrogen-bond acceptors (Lipinski definition) is 3. The van der Waals surface area contributed by atoms with E-state index in [2.05, 4.69) is 0 Å². The molecule has 1 fully saturated rings. The Balaban J connectivity index is 2.37. The maximum Gasteiger partial charge on any atom is 0.236 e. The molecule has 0 aromatic heterocycles. The number of likely N-dealkylation sites (tertiary alicyclic amines) is 1. The molecular weight excluding hydrogens is 132 g/mol. The molecule has 0 saturated carbocycles. The summed E-state index contributed by atoms with van der Waals surface area (Å²) in [7, 11) is 0. The third kappa shape index (κ3) is 1.46. The van der Waals surface area contributed by atoms with E-state index in [1.807, 2.05) is 0 Å². The molecule has 3 N–H and O–H groups in total. The van der Waals surface area contributed by atoms with Crippen LogP contribution in [-0.2, 0) is 4.79 Å². The average Bonchev–Trinajstić information content (AvgIpc) is 2.34. The van der Waals surface area contributed by atoms with Crippen LogP contribution in [0.3, 0.4) is 0 Å². The number of amides is 1. The first-order valence-corrected chi connectivity index (χ1v) is 3.40. The van der Waals surface area contributed by atoms with Crippen LogP contribution in [0.1, 0.15) is 6.42 Å². The molecule has 1 amide bonds. The molecule has 1 aliphatic rings. The summed E-state index contributed by atoms with van der Waals surface area (Å²) < 4.78 is 0. The molecule has 1 heterocycles. The van der Waals surface area contributed by atoms with Gasteiger partial charge in [0.25, 0.3) is 0 Å². The molecule has 10 heavy (non-hydrogen) atoms. The quantitative estimate of drug-likeness (QED) is 0.472. The highest BCUT2D eigenvalue weighted by Gasteiger charge is 2.22. The van der Waals surface area contributed by atoms with Crippen molar-refractivity contribution in [3.63, 3.8) is 0 Å². The molecule has 1 aliphatic heterocycles. The molecule has 58 valence electrons. The predicted molar refractivity (Wildman–Crippen MR) is 36.3 cm³/mol. The second-order valence-corrected chi connectivity index (χ2v) is 2.49. The molecule has 1 unspecified atom stereocenters. The molecular formula is C6H12N2O2. The van der Waals surface area contributed by atoms with Gasteiger partial charge in [-0.15, -0.1) is 0 Å². The van der Waals surface area contributed by atoms with Gasteiger partial charge in [0.15, 0.2) is 0 Å². The molecule has 1 saturated heterocycles. The van der Waals surface area contributed by atoms with Crippen molar-refractivity contribution in [1.82, 2.24) is 4.90 Å². The van der Waals surface area contributed by atoms with Gasteiger partial charge in [0.1, 0.15) is 0 Å². The first-order chi connectivity index (χ1) is 4.74. The zero-order valence-corrected chi connectivity index (χ0v) is 5.79. The van der Waals surface area contributed by atoms with E-state index >= 15 is 0 Å². The Hall–Kier alpha value is -0.610. The van der Waals surface area contributed by atoms with Crippen LogP contribution in [0.4, 0.5) is 0 Å². The second kappa shape index (κ2) is 2.98. The van der Waals surface area contributed by atoms with Crippen molar-refractivity contribution in [3.8, 4) is 0 Å². The number of rotatable bonds is 1. The molecule has 4 nitrogen and oxygen atoms in total. The number of nitrogens with two attached hydrogens (primary N) is 1. The number of β-amino-alcohol motifs (C(OH)–C–C–N with tert-alkyl or cyclic N) is 1. The number of aliphatic hydroxyl groups excluding tert-OH is 1. The van der Waals surface area contributed by atoms with Gasteiger partial charge in [-0.25, -0.2) is 0 Å². The van der Waals surface area contributed by atoms with Crippen molar-refractivity contribution in [1.29, 1.82) is 0 Å². The lowest BCUT2D eigenvalue weighted by Gasteiger charge is -2.13. The van der Waals surface area contributed by atoms with Gasteiger partial charge in [-0.2, -0.15) is 0 Å². The van der Waals surface area contributed by atoms with Gasteiger partial charge in [-0.3, -0.25) is 4.79 Å². The van der Waals surface area contributed by atoms with E-state index in [9.17, 15) is 4.79 Å². The largest absolute Gasteiger partial charge is 0.391 e. The van der Waals surface area contributed by atoms with E-state index in [4.69, 9.17) is 10.8 Å². The first-order valence-electron chi connectivity index (χ1n) is 3.40. The van der Waals surface area contributed by atoms with E-state index in [0.717, 1.165) is 0 Å². The fourth-order valence-corrected chi connectivity index (χ4v) is 1.10. The SMILES string of the molecule is NCC(=O)N1CCC(O)C1. The van der Waals surface area contributed by atoms with Crippen molar-refractivity contribution in [2.24, 2.45) is 5.73 Å². The summed E-state index contributed by atoms with van der Waals surface area (Å²) in [6.45, 7) is 1.15. The van der Waals surface area contributed by atoms with Crippen LogP contribution in [0.25, 0.3) is 0 Å². The standard InChI is InChI=1S/C6H12N2O2/c7-3-6(10)8-2-1-5(9)4-8/h5,9H,1-4,7H2. The second-order valence-electron chi connectivity index (χ2n) is 2.49. The minimum absolute atomic E-state index is 0.0483. The van der Waals surface area contributed by atoms with Crippen LogP contribution in [0.15, 0.2) is 0 Å². The fourth-order valence-electron chi connectivity index (χ4n) is 1.10. The smallest absolute Gasteiger partial charge is 0.236 e. The van der Waals surface area contributed by atoms with Crippen LogP contribution in [0.2, 0.25) is 0 Å². The van der Waals surface area contributed by atoms with Crippen molar-refractivity contribution in [2.75, 3.05) is 19.6 Å². The molecule has 0 aromatic rings. The minimum Gasteiger partial charge on any atom is -0.391 e. The number of hydrogen-bond donors (Lipinski definition) is 2. The number of carbonyl (C=O) groups is 1. The van der Waals surface area contributed by atoms with E-state index in [1.165, 1.54) is 0 Å². The number of nitrogens with zero attached hydrogens (tertiary/aromatic N) is 1. The zero-order valence-electron chi connectivity index (χ0n) is 5.79. The van der Waals surface area contributed by atoms with Gasteiger partial charge in [0.2, 0.25) is 5.91 Å². The Bertz CT molecular complexity index is 138. The summed E-state index contributed by atoms with van der Waals surface area (Å²) in [5.41, 5.74) is 5.12. The highest BCUT2D eigenvalue weighted by molar-refractivity contribution is 5.78. The lowest BCUT2D eigenvalue weighted by Crippen LogP contribution is -2.34. The Morgan fingerprint density at radius 2 is 2.50 bits per heavy atom. The number of aliphatic hydroxyl groups is 1. The Morgan fingerprint density at radius 3 is 2.90 bits per heavy atom. The predicted octanol–water partition coefficient (Wildman–Crippen LogP) is -1.46. The fraction of sp³-hybridized carbons (Fsp3) is 0.833. The molecule has 0 radical (unpaired) electrons. The lowest BCUT2D eigenvalue weighted by molar-refractivity contribution is -0.128. The van der Waals surface area contributed by atoms with Crippen LogP contribution >= 0.6 is 0 Å². The van der Waals surface area contributed by atoms with Crippen molar-refractivity contribution >= 4 is 5.91 Å². The van der Waals surface area contributed by atoms with E-state index in [-0.39, 0.29) is 18.6 Å². The summed E-state index contributed by atoms with van der Waals surface area (Å²) >= 11 is 0. The zero-order chi connectivity index (χ0) is 7.56. The van der Waals surface area contributed by atoms with Gasteiger partial charge in [0, 0.05) is 13.1 Å². The lowest BCUT2D eigenvalue weighted by atomic mass is 10.3. The molecule has 4 heteroatoms.